The third kappa shape index (κ3) is 5.43. The summed E-state index contributed by atoms with van der Waals surface area (Å²) in [7, 11) is 0. The van der Waals surface area contributed by atoms with Gasteiger partial charge >= 0.3 is 0 Å². The lowest BCUT2D eigenvalue weighted by molar-refractivity contribution is 0.394. The molecule has 10 aromatic rings. The third-order valence-electron chi connectivity index (χ3n) is 17.3. The molecule has 1 N–H and O–H groups in total. The number of fused-ring (bicyclic) bond motifs is 15. The molecular formula is C65H52N4. The summed E-state index contributed by atoms with van der Waals surface area (Å²) in [6.07, 6.45) is 23.9. The van der Waals surface area contributed by atoms with Gasteiger partial charge in [-0.25, -0.2) is 0 Å². The van der Waals surface area contributed by atoms with Gasteiger partial charge in [-0.3, -0.25) is 4.98 Å². The zero-order chi connectivity index (χ0) is 45.9. The first kappa shape index (κ1) is 39.3. The monoisotopic (exact) mass is 888 g/mol. The van der Waals surface area contributed by atoms with E-state index in [1.54, 1.807) is 0 Å². The maximum atomic E-state index is 4.65. The Kier molecular flexibility index (Phi) is 7.95. The number of rotatable bonds is 4. The highest BCUT2D eigenvalue weighted by molar-refractivity contribution is 6.12. The van der Waals surface area contributed by atoms with E-state index >= 15 is 0 Å². The van der Waals surface area contributed by atoms with Crippen molar-refractivity contribution in [3.63, 3.8) is 0 Å². The van der Waals surface area contributed by atoms with E-state index in [0.717, 1.165) is 37.1 Å². The maximum absolute atomic E-state index is 4.65. The second-order valence-electron chi connectivity index (χ2n) is 21.5. The highest BCUT2D eigenvalue weighted by Crippen LogP contribution is 2.54. The Bertz CT molecular complexity index is 3950. The number of pyridine rings is 1. The quantitative estimate of drug-likeness (QED) is 0.188. The molecule has 2 unspecified atom stereocenters. The van der Waals surface area contributed by atoms with Crippen LogP contribution in [0.25, 0.3) is 89.1 Å². The number of aromatic amines is 1. The largest absolute Gasteiger partial charge is 0.366 e. The van der Waals surface area contributed by atoms with Crippen molar-refractivity contribution in [3.05, 3.63) is 221 Å². The van der Waals surface area contributed by atoms with Gasteiger partial charge in [0.05, 0.1) is 34.1 Å². The van der Waals surface area contributed by atoms with Crippen LogP contribution < -0.4 is 0 Å². The summed E-state index contributed by atoms with van der Waals surface area (Å²) < 4.78 is 4.98. The molecule has 0 fully saturated rings. The van der Waals surface area contributed by atoms with E-state index < -0.39 is 0 Å². The zero-order valence-corrected chi connectivity index (χ0v) is 39.6. The van der Waals surface area contributed by atoms with E-state index in [-0.39, 0.29) is 10.8 Å². The lowest BCUT2D eigenvalue weighted by Crippen LogP contribution is -2.24. The highest BCUT2D eigenvalue weighted by atomic mass is 15.0. The Morgan fingerprint density at radius 1 is 0.565 bits per heavy atom. The second kappa shape index (κ2) is 14.0. The number of H-pyrrole nitrogens is 1. The smallest absolute Gasteiger partial charge is 0.0642 e. The summed E-state index contributed by atoms with van der Waals surface area (Å²) in [6.45, 7) is 9.56. The second-order valence-corrected chi connectivity index (χ2v) is 21.5. The molecule has 0 saturated carbocycles. The summed E-state index contributed by atoms with van der Waals surface area (Å²) in [5.41, 5.74) is 28.2. The normalized spacial score (nSPS) is 18.7. The van der Waals surface area contributed by atoms with Gasteiger partial charge < -0.3 is 14.1 Å². The van der Waals surface area contributed by atoms with Gasteiger partial charge in [0.25, 0.3) is 0 Å². The molecule has 0 aliphatic heterocycles. The SMILES string of the molecule is CC1(C)c2ccccc2-c2cc(C3=Cc4c(n(-c5cccnc5)c5cc6c(cc45)CCc4cc5c7cc(-c8ccc9c(c8)C8C=CC=CC8C9(C)C)ccc7n(-c7cc[nH]c7)c5cc4-6)CC3)ccc21. The van der Waals surface area contributed by atoms with Crippen LogP contribution >= 0.6 is 0 Å². The highest BCUT2D eigenvalue weighted by Gasteiger charge is 2.44. The standard InChI is InChI=1S/C65H52N4/c1-64(2)56-13-7-5-11-46(56)50-28-38(17-21-58(50)64)40-19-23-60-52(30-40)54-32-42-15-16-43-33-55-53-31-41(39-18-22-59-51(29-39)47-12-6-8-14-57(47)65(59,3)4)20-24-61(53)69(45-25-27-67-37-45)63(55)35-49(43)48(42)34-62(54)68(60)44-10-9-26-66-36-44/h5-14,17-18,20-22,24-37,47,57,67H,15-16,19,23H2,1-4H3. The van der Waals surface area contributed by atoms with Crippen LogP contribution in [0.5, 0.6) is 0 Å². The molecule has 0 amide bonds. The first-order chi connectivity index (χ1) is 33.7. The van der Waals surface area contributed by atoms with Crippen LogP contribution in [0.4, 0.5) is 0 Å². The van der Waals surface area contributed by atoms with Gasteiger partial charge in [-0.05, 0) is 182 Å². The minimum absolute atomic E-state index is 0.00252. The van der Waals surface area contributed by atoms with Crippen molar-refractivity contribution in [2.24, 2.45) is 5.92 Å². The van der Waals surface area contributed by atoms with Crippen LogP contribution in [0, 0.1) is 5.92 Å². The topological polar surface area (TPSA) is 38.5 Å². The van der Waals surface area contributed by atoms with Gasteiger partial charge in [0.1, 0.15) is 0 Å². The third-order valence-corrected chi connectivity index (χ3v) is 17.3. The zero-order valence-electron chi connectivity index (χ0n) is 39.6. The summed E-state index contributed by atoms with van der Waals surface area (Å²) >= 11 is 0. The molecule has 0 radical (unpaired) electrons. The summed E-state index contributed by atoms with van der Waals surface area (Å²) in [6, 6.07) is 47.2. The van der Waals surface area contributed by atoms with Crippen molar-refractivity contribution in [1.29, 1.82) is 0 Å². The Hall–Kier alpha value is -7.69. The average Bonchev–Trinajstić information content (AvgIpc) is 4.19. The van der Waals surface area contributed by atoms with Crippen molar-refractivity contribution < 1.29 is 0 Å². The fourth-order valence-electron chi connectivity index (χ4n) is 13.9. The average molecular weight is 889 g/mol. The van der Waals surface area contributed by atoms with E-state index in [4.69, 9.17) is 0 Å². The Morgan fingerprint density at radius 3 is 2.13 bits per heavy atom. The number of allylic oxidation sites excluding steroid dienone is 5. The van der Waals surface area contributed by atoms with E-state index in [1.165, 1.54) is 122 Å². The lowest BCUT2D eigenvalue weighted by atomic mass is 9.74. The maximum Gasteiger partial charge on any atom is 0.0642 e. The predicted octanol–water partition coefficient (Wildman–Crippen LogP) is 15.8. The lowest BCUT2D eigenvalue weighted by Gasteiger charge is -2.29. The van der Waals surface area contributed by atoms with Gasteiger partial charge in [0, 0.05) is 57.3 Å². The van der Waals surface area contributed by atoms with Crippen molar-refractivity contribution in [1.82, 2.24) is 19.1 Å². The molecule has 2 atom stereocenters. The van der Waals surface area contributed by atoms with Crippen LogP contribution in [-0.4, -0.2) is 19.1 Å². The predicted molar refractivity (Wildman–Crippen MR) is 286 cm³/mol. The van der Waals surface area contributed by atoms with Crippen LogP contribution in [0.1, 0.15) is 90.2 Å². The molecule has 6 aromatic carbocycles. The van der Waals surface area contributed by atoms with Crippen LogP contribution in [0.3, 0.4) is 0 Å². The van der Waals surface area contributed by atoms with E-state index in [9.17, 15) is 0 Å². The summed E-state index contributed by atoms with van der Waals surface area (Å²) in [4.78, 5) is 8.02. The van der Waals surface area contributed by atoms with Crippen molar-refractivity contribution >= 4 is 44.4 Å². The molecule has 0 spiro atoms. The molecule has 0 bridgehead atoms. The number of aromatic nitrogens is 4. The van der Waals surface area contributed by atoms with Crippen LogP contribution in [0.2, 0.25) is 0 Å². The molecule has 4 heteroatoms. The Labute approximate surface area is 403 Å². The number of hydrogen-bond donors (Lipinski definition) is 1. The minimum Gasteiger partial charge on any atom is -0.366 e. The fraction of sp³-hybridized carbons (Fsp3) is 0.185. The number of nitrogens with one attached hydrogen (secondary N) is 1. The number of benzene rings is 6. The van der Waals surface area contributed by atoms with Gasteiger partial charge in [0.15, 0.2) is 0 Å². The molecular weight excluding hydrogens is 837 g/mol. The number of aryl methyl sites for hydroxylation is 2. The molecule has 4 heterocycles. The van der Waals surface area contributed by atoms with Gasteiger partial charge in [0.2, 0.25) is 0 Å². The molecule has 332 valence electrons. The van der Waals surface area contributed by atoms with Gasteiger partial charge in [-0.1, -0.05) is 113 Å². The van der Waals surface area contributed by atoms with Crippen LogP contribution in [0.15, 0.2) is 170 Å². The Morgan fingerprint density at radius 2 is 1.30 bits per heavy atom. The van der Waals surface area contributed by atoms with Crippen LogP contribution in [-0.2, 0) is 30.1 Å². The first-order valence-corrected chi connectivity index (χ1v) is 25.0. The van der Waals surface area contributed by atoms with Gasteiger partial charge in [-0.2, -0.15) is 0 Å². The fourth-order valence-corrected chi connectivity index (χ4v) is 13.9. The molecule has 4 nitrogen and oxygen atoms in total. The van der Waals surface area contributed by atoms with Crippen molar-refractivity contribution in [2.45, 2.75) is 70.1 Å². The van der Waals surface area contributed by atoms with Crippen molar-refractivity contribution in [3.8, 4) is 44.8 Å². The Balaban J connectivity index is 0.887. The van der Waals surface area contributed by atoms with E-state index in [0.29, 0.717) is 11.8 Å². The minimum atomic E-state index is -0.00252. The van der Waals surface area contributed by atoms with E-state index in [1.807, 2.05) is 18.6 Å². The van der Waals surface area contributed by atoms with Gasteiger partial charge in [-0.15, -0.1) is 0 Å². The molecule has 5 aliphatic carbocycles. The molecule has 5 aliphatic rings. The summed E-state index contributed by atoms with van der Waals surface area (Å²) in [5, 5.41) is 3.94. The number of hydrogen-bond acceptors (Lipinski definition) is 1. The molecule has 0 saturated heterocycles. The number of nitrogens with zero attached hydrogens (tertiary/aromatic N) is 3. The first-order valence-electron chi connectivity index (χ1n) is 25.0. The molecule has 4 aromatic heterocycles. The summed E-state index contributed by atoms with van der Waals surface area (Å²) in [5.74, 6) is 0.910. The van der Waals surface area contributed by atoms with Crippen molar-refractivity contribution in [2.75, 3.05) is 0 Å². The van der Waals surface area contributed by atoms with E-state index in [2.05, 4.69) is 205 Å². The molecule has 69 heavy (non-hydrogen) atoms. The molecule has 15 rings (SSSR count).